The summed E-state index contributed by atoms with van der Waals surface area (Å²) >= 11 is 3.19. The molecule has 33 heavy (non-hydrogen) atoms. The first kappa shape index (κ1) is 21.7. The zero-order chi connectivity index (χ0) is 22.9. The fourth-order valence-electron chi connectivity index (χ4n) is 3.47. The van der Waals surface area contributed by atoms with Gasteiger partial charge in [0.05, 0.1) is 16.4 Å². The monoisotopic (exact) mass is 477 g/mol. The highest BCUT2D eigenvalue weighted by Gasteiger charge is 2.32. The van der Waals surface area contributed by atoms with Gasteiger partial charge in [-0.15, -0.1) is 11.3 Å². The molecule has 1 aromatic heterocycles. The third kappa shape index (κ3) is 4.54. The number of benzene rings is 2. The van der Waals surface area contributed by atoms with E-state index in [2.05, 4.69) is 19.2 Å². The van der Waals surface area contributed by atoms with Crippen molar-refractivity contribution in [2.75, 3.05) is 11.7 Å². The second-order valence-electron chi connectivity index (χ2n) is 8.13. The number of rotatable bonds is 5. The van der Waals surface area contributed by atoms with E-state index in [-0.39, 0.29) is 12.7 Å². The van der Waals surface area contributed by atoms with Gasteiger partial charge in [-0.3, -0.25) is 9.69 Å². The minimum absolute atomic E-state index is 0.153. The number of nitrogens with zero attached hydrogens (tertiary/aromatic N) is 3. The third-order valence-electron chi connectivity index (χ3n) is 5.23. The number of aryl methyl sites for hydroxylation is 1. The van der Waals surface area contributed by atoms with Crippen molar-refractivity contribution >= 4 is 45.9 Å². The zero-order valence-electron chi connectivity index (χ0n) is 18.6. The first-order valence-corrected chi connectivity index (χ1v) is 12.5. The van der Waals surface area contributed by atoms with Crippen LogP contribution in [0.25, 0.3) is 6.08 Å². The number of aliphatic imine (C=N–C) groups is 1. The Morgan fingerprint density at radius 3 is 2.70 bits per heavy atom. The zero-order valence-corrected chi connectivity index (χ0v) is 20.2. The number of hydrogen-bond acceptors (Lipinski definition) is 7. The first-order valence-electron chi connectivity index (χ1n) is 10.7. The maximum Gasteiger partial charge on any atom is 0.283 e. The molecule has 2 aliphatic rings. The van der Waals surface area contributed by atoms with Crippen LogP contribution in [0.3, 0.4) is 0 Å². The van der Waals surface area contributed by atoms with Crippen LogP contribution in [0.4, 0.5) is 5.69 Å². The van der Waals surface area contributed by atoms with Crippen LogP contribution >= 0.6 is 23.1 Å². The molecule has 0 atom stereocenters. The highest BCUT2D eigenvalue weighted by molar-refractivity contribution is 8.13. The Morgan fingerprint density at radius 2 is 1.94 bits per heavy atom. The molecule has 0 radical (unpaired) electrons. The van der Waals surface area contributed by atoms with E-state index in [1.807, 2.05) is 49.4 Å². The van der Waals surface area contributed by atoms with Crippen LogP contribution < -0.4 is 14.4 Å². The van der Waals surface area contributed by atoms with Gasteiger partial charge in [-0.25, -0.2) is 9.98 Å². The van der Waals surface area contributed by atoms with Crippen molar-refractivity contribution in [2.24, 2.45) is 4.99 Å². The van der Waals surface area contributed by atoms with Gasteiger partial charge in [0, 0.05) is 17.1 Å². The number of anilines is 1. The molecular formula is C25H23N3O3S2. The number of fused-ring (bicyclic) bond motifs is 1. The van der Waals surface area contributed by atoms with Gasteiger partial charge in [0.25, 0.3) is 5.91 Å². The van der Waals surface area contributed by atoms with E-state index in [0.29, 0.717) is 34.0 Å². The quantitative estimate of drug-likeness (QED) is 0.423. The number of carbonyl (C=O) groups excluding carboxylic acids is 1. The molecule has 6 nitrogen and oxygen atoms in total. The van der Waals surface area contributed by atoms with Gasteiger partial charge < -0.3 is 9.47 Å². The molecule has 3 aromatic rings. The van der Waals surface area contributed by atoms with Gasteiger partial charge in [0.2, 0.25) is 6.79 Å². The van der Waals surface area contributed by atoms with Crippen LogP contribution in [0.5, 0.6) is 11.5 Å². The van der Waals surface area contributed by atoms with Crippen LogP contribution in [-0.2, 0) is 10.5 Å². The van der Waals surface area contributed by atoms with Crippen molar-refractivity contribution in [3.63, 3.8) is 0 Å². The molecular weight excluding hydrogens is 454 g/mol. The Kier molecular flexibility index (Phi) is 5.95. The lowest BCUT2D eigenvalue weighted by atomic mass is 10.1. The minimum Gasteiger partial charge on any atom is -0.454 e. The molecule has 0 unspecified atom stereocenters. The number of carbonyl (C=O) groups is 1. The van der Waals surface area contributed by atoms with E-state index in [1.54, 1.807) is 22.3 Å². The van der Waals surface area contributed by atoms with Crippen molar-refractivity contribution in [2.45, 2.75) is 32.4 Å². The Bertz CT molecular complexity index is 1260. The molecule has 0 spiro atoms. The first-order chi connectivity index (χ1) is 16.0. The molecule has 8 heteroatoms. The van der Waals surface area contributed by atoms with Gasteiger partial charge in [0.15, 0.2) is 16.7 Å². The molecule has 5 rings (SSSR count). The molecule has 3 heterocycles. The summed E-state index contributed by atoms with van der Waals surface area (Å²) in [6.07, 6.45) is 1.79. The summed E-state index contributed by atoms with van der Waals surface area (Å²) in [5, 5.41) is 3.85. The fourth-order valence-corrected chi connectivity index (χ4v) is 5.31. The number of amidine groups is 1. The standard InChI is InChI=1S/C25H23N3O3S2/c1-15(2)23-26-18(12-32-23)13-33-25-27-20(10-17-6-9-21-22(11-17)31-14-30-21)24(29)28(25)19-7-4-16(3)5-8-19/h4-12,15H,13-14H2,1-3H3/b20-10-. The highest BCUT2D eigenvalue weighted by atomic mass is 32.2. The molecule has 1 amide bonds. The van der Waals surface area contributed by atoms with E-state index < -0.39 is 0 Å². The van der Waals surface area contributed by atoms with Crippen molar-refractivity contribution in [3.05, 3.63) is 75.4 Å². The largest absolute Gasteiger partial charge is 0.454 e. The molecule has 0 saturated heterocycles. The van der Waals surface area contributed by atoms with Gasteiger partial charge in [-0.2, -0.15) is 0 Å². The van der Waals surface area contributed by atoms with E-state index >= 15 is 0 Å². The van der Waals surface area contributed by atoms with Crippen molar-refractivity contribution in [3.8, 4) is 11.5 Å². The number of thiazole rings is 1. The SMILES string of the molecule is Cc1ccc(N2C(=O)/C(=C/c3ccc4c(c3)OCO4)N=C2SCc2csc(C(C)C)n2)cc1. The predicted molar refractivity (Wildman–Crippen MR) is 134 cm³/mol. The summed E-state index contributed by atoms with van der Waals surface area (Å²) in [7, 11) is 0. The lowest BCUT2D eigenvalue weighted by Gasteiger charge is -2.17. The van der Waals surface area contributed by atoms with E-state index in [9.17, 15) is 4.79 Å². The van der Waals surface area contributed by atoms with Gasteiger partial charge in [-0.1, -0.05) is 49.4 Å². The lowest BCUT2D eigenvalue weighted by Crippen LogP contribution is -2.30. The van der Waals surface area contributed by atoms with Gasteiger partial charge >= 0.3 is 0 Å². The Labute approximate surface area is 201 Å². The smallest absolute Gasteiger partial charge is 0.283 e. The molecule has 0 bridgehead atoms. The fraction of sp³-hybridized carbons (Fsp3) is 0.240. The number of thioether (sulfide) groups is 1. The van der Waals surface area contributed by atoms with Crippen LogP contribution in [0.1, 0.15) is 41.6 Å². The maximum absolute atomic E-state index is 13.4. The number of hydrogen-bond donors (Lipinski definition) is 0. The topological polar surface area (TPSA) is 64.0 Å². The molecule has 0 N–H and O–H groups in total. The summed E-state index contributed by atoms with van der Waals surface area (Å²) in [6, 6.07) is 13.5. The van der Waals surface area contributed by atoms with Crippen LogP contribution in [0.2, 0.25) is 0 Å². The summed E-state index contributed by atoms with van der Waals surface area (Å²) in [4.78, 5) is 24.5. The number of ether oxygens (including phenoxy) is 2. The lowest BCUT2D eigenvalue weighted by molar-refractivity contribution is -0.113. The second kappa shape index (κ2) is 9.03. The normalized spacial score (nSPS) is 16.2. The van der Waals surface area contributed by atoms with Gasteiger partial charge in [-0.05, 0) is 42.8 Å². The average molecular weight is 478 g/mol. The van der Waals surface area contributed by atoms with Crippen molar-refractivity contribution in [1.29, 1.82) is 0 Å². The second-order valence-corrected chi connectivity index (χ2v) is 9.97. The van der Waals surface area contributed by atoms with Crippen molar-refractivity contribution < 1.29 is 14.3 Å². The summed E-state index contributed by atoms with van der Waals surface area (Å²) < 4.78 is 10.8. The Morgan fingerprint density at radius 1 is 1.15 bits per heavy atom. The van der Waals surface area contributed by atoms with Gasteiger partial charge in [0.1, 0.15) is 5.70 Å². The summed E-state index contributed by atoms with van der Waals surface area (Å²) in [5.41, 5.74) is 4.16. The third-order valence-corrected chi connectivity index (χ3v) is 7.40. The average Bonchev–Trinajstić information content (AvgIpc) is 3.53. The predicted octanol–water partition coefficient (Wildman–Crippen LogP) is 5.98. The Balaban J connectivity index is 1.44. The molecule has 0 aliphatic carbocycles. The number of amides is 1. The Hall–Kier alpha value is -3.10. The van der Waals surface area contributed by atoms with E-state index in [4.69, 9.17) is 19.5 Å². The molecule has 2 aliphatic heterocycles. The molecule has 0 fully saturated rings. The van der Waals surface area contributed by atoms with Crippen LogP contribution in [-0.4, -0.2) is 22.9 Å². The van der Waals surface area contributed by atoms with E-state index in [1.165, 1.54) is 11.8 Å². The minimum atomic E-state index is -0.153. The number of aromatic nitrogens is 1. The highest BCUT2D eigenvalue weighted by Crippen LogP contribution is 2.35. The molecule has 2 aromatic carbocycles. The van der Waals surface area contributed by atoms with Crippen LogP contribution in [0, 0.1) is 6.92 Å². The summed E-state index contributed by atoms with van der Waals surface area (Å²) in [6.45, 7) is 6.52. The van der Waals surface area contributed by atoms with Crippen LogP contribution in [0.15, 0.2) is 58.5 Å². The summed E-state index contributed by atoms with van der Waals surface area (Å²) in [5.74, 6) is 2.28. The van der Waals surface area contributed by atoms with Crippen molar-refractivity contribution in [1.82, 2.24) is 4.98 Å². The molecule has 168 valence electrons. The molecule has 0 saturated carbocycles. The van der Waals surface area contributed by atoms with E-state index in [0.717, 1.165) is 27.5 Å². The maximum atomic E-state index is 13.4.